The Kier molecular flexibility index (Phi) is 6.30. The number of aryl methyl sites for hydroxylation is 1. The van der Waals surface area contributed by atoms with Crippen LogP contribution >= 0.6 is 11.3 Å². The molecule has 0 unspecified atom stereocenters. The molecule has 3 heterocycles. The van der Waals surface area contributed by atoms with Gasteiger partial charge in [0.15, 0.2) is 11.7 Å². The molecule has 0 saturated heterocycles. The molecule has 0 aliphatic rings. The van der Waals surface area contributed by atoms with Crippen LogP contribution < -0.4 is 20.3 Å². The second-order valence-electron chi connectivity index (χ2n) is 8.39. The number of pyridine rings is 1. The van der Waals surface area contributed by atoms with Crippen LogP contribution in [0.5, 0.6) is 11.7 Å². The van der Waals surface area contributed by atoms with Gasteiger partial charge in [-0.3, -0.25) is 9.59 Å². The largest absolute Gasteiger partial charge is 0.573 e. The predicted molar refractivity (Wildman–Crippen MR) is 132 cm³/mol. The van der Waals surface area contributed by atoms with Crippen LogP contribution in [0.25, 0.3) is 27.0 Å². The van der Waals surface area contributed by atoms with Crippen LogP contribution in [0.4, 0.5) is 18.9 Å². The van der Waals surface area contributed by atoms with Crippen molar-refractivity contribution in [1.29, 1.82) is 0 Å². The first-order valence-electron chi connectivity index (χ1n) is 11.2. The standard InChI is InChI=1S/C26H17F3N4O5S/c1-12-17(13(2)34)18(14-6-4-3-5-7-14)19-20(30)23(39-24(19)31-12)22(35)21-25(36)38-32-33(21)15-8-10-16(11-9-15)37-26(27,28)29/h3-11H,1-2H3,(H2-,30,32,35,36). The molecule has 0 aliphatic carbocycles. The minimum atomic E-state index is -4.89. The van der Waals surface area contributed by atoms with E-state index >= 15 is 0 Å². The Hall–Kier alpha value is -4.78. The van der Waals surface area contributed by atoms with E-state index in [9.17, 15) is 27.9 Å². The lowest BCUT2D eigenvalue weighted by Gasteiger charge is -2.12. The van der Waals surface area contributed by atoms with E-state index in [4.69, 9.17) is 10.3 Å². The first-order chi connectivity index (χ1) is 18.5. The monoisotopic (exact) mass is 554 g/mol. The van der Waals surface area contributed by atoms with E-state index in [1.807, 2.05) is 6.07 Å². The van der Waals surface area contributed by atoms with E-state index in [-0.39, 0.29) is 22.0 Å². The molecular formula is C26H17F3N4O5S. The van der Waals surface area contributed by atoms with Crippen molar-refractivity contribution >= 4 is 38.8 Å². The molecule has 2 aromatic carbocycles. The van der Waals surface area contributed by atoms with E-state index in [1.54, 1.807) is 31.2 Å². The normalized spacial score (nSPS) is 11.6. The highest BCUT2D eigenvalue weighted by Gasteiger charge is 2.34. The summed E-state index contributed by atoms with van der Waals surface area (Å²) >= 11 is 0.931. The summed E-state index contributed by atoms with van der Waals surface area (Å²) in [5, 5.41) is 16.5. The summed E-state index contributed by atoms with van der Waals surface area (Å²) in [7, 11) is 0. The quantitative estimate of drug-likeness (QED) is 0.239. The number of thiophene rings is 1. The molecule has 2 N–H and O–H groups in total. The van der Waals surface area contributed by atoms with Crippen LogP contribution in [0.2, 0.25) is 0 Å². The Morgan fingerprint density at radius 2 is 1.77 bits per heavy atom. The number of benzene rings is 2. The minimum absolute atomic E-state index is 0.00919. The van der Waals surface area contributed by atoms with Crippen LogP contribution in [-0.2, 0) is 0 Å². The molecule has 0 radical (unpaired) electrons. The van der Waals surface area contributed by atoms with Crippen LogP contribution in [0, 0.1) is 6.92 Å². The SMILES string of the molecule is CC(=O)c1c(C)nc2sc(C(=O)c3c([O-])on[n+]3-c3ccc(OC(F)(F)F)cc3)c(N)c2c1-c1ccccc1. The molecule has 5 aromatic rings. The smallest absolute Gasteiger partial charge is 0.539 e. The fourth-order valence-electron chi connectivity index (χ4n) is 4.27. The van der Waals surface area contributed by atoms with Crippen LogP contribution in [0.3, 0.4) is 0 Å². The zero-order valence-electron chi connectivity index (χ0n) is 20.2. The van der Waals surface area contributed by atoms with Crippen molar-refractivity contribution in [2.24, 2.45) is 0 Å². The summed E-state index contributed by atoms with van der Waals surface area (Å²) in [4.78, 5) is 31.1. The molecular weight excluding hydrogens is 537 g/mol. The lowest BCUT2D eigenvalue weighted by atomic mass is 9.93. The molecule has 39 heavy (non-hydrogen) atoms. The van der Waals surface area contributed by atoms with Gasteiger partial charge in [0.1, 0.15) is 15.5 Å². The summed E-state index contributed by atoms with van der Waals surface area (Å²) in [5.74, 6) is -2.66. The van der Waals surface area contributed by atoms with Gasteiger partial charge in [0.25, 0.3) is 5.78 Å². The number of ketones is 2. The minimum Gasteiger partial charge on any atom is -0.539 e. The van der Waals surface area contributed by atoms with Gasteiger partial charge < -0.3 is 20.1 Å². The van der Waals surface area contributed by atoms with E-state index in [0.29, 0.717) is 32.6 Å². The van der Waals surface area contributed by atoms with Crippen molar-refractivity contribution in [3.8, 4) is 28.5 Å². The highest BCUT2D eigenvalue weighted by atomic mass is 32.1. The zero-order chi connectivity index (χ0) is 28.1. The van der Waals surface area contributed by atoms with Crippen LogP contribution in [0.15, 0.2) is 59.1 Å². The molecule has 0 amide bonds. The Morgan fingerprint density at radius 1 is 1.10 bits per heavy atom. The van der Waals surface area contributed by atoms with E-state index in [2.05, 4.69) is 15.0 Å². The molecule has 0 bridgehead atoms. The third-order valence-electron chi connectivity index (χ3n) is 5.82. The average Bonchev–Trinajstić information content (AvgIpc) is 3.42. The Morgan fingerprint density at radius 3 is 2.38 bits per heavy atom. The van der Waals surface area contributed by atoms with E-state index in [0.717, 1.165) is 28.2 Å². The Bertz CT molecular complexity index is 1750. The molecule has 198 valence electrons. The van der Waals surface area contributed by atoms with Gasteiger partial charge in [0, 0.05) is 28.6 Å². The maximum absolute atomic E-state index is 13.7. The van der Waals surface area contributed by atoms with Gasteiger partial charge in [0.2, 0.25) is 5.69 Å². The number of nitrogens with two attached hydrogens (primary N) is 1. The molecule has 0 aliphatic heterocycles. The molecule has 3 aromatic heterocycles. The number of Topliss-reactive ketones (excluding diaryl/α,β-unsaturated/α-hetero) is 1. The van der Waals surface area contributed by atoms with Crippen LogP contribution in [0.1, 0.15) is 38.3 Å². The molecule has 13 heteroatoms. The number of alkyl halides is 3. The number of carbonyl (C=O) groups excluding carboxylic acids is 2. The van der Waals surface area contributed by atoms with Crippen molar-refractivity contribution in [2.45, 2.75) is 20.2 Å². The molecule has 0 atom stereocenters. The number of carbonyl (C=O) groups is 2. The fraction of sp³-hybridized carbons (Fsp3) is 0.115. The van der Waals surface area contributed by atoms with Crippen molar-refractivity contribution < 1.29 is 41.8 Å². The maximum Gasteiger partial charge on any atom is 0.573 e. The van der Waals surface area contributed by atoms with Gasteiger partial charge in [-0.25, -0.2) is 4.98 Å². The number of nitrogens with zero attached hydrogens (tertiary/aromatic N) is 3. The highest BCUT2D eigenvalue weighted by molar-refractivity contribution is 7.21. The molecule has 0 spiro atoms. The number of anilines is 1. The first-order valence-corrected chi connectivity index (χ1v) is 12.1. The number of nitrogen functional groups attached to an aromatic ring is 1. The van der Waals surface area contributed by atoms with Crippen molar-refractivity contribution in [2.75, 3.05) is 5.73 Å². The summed E-state index contributed by atoms with van der Waals surface area (Å²) in [5.41, 5.74) is 8.02. The van der Waals surface area contributed by atoms with Gasteiger partial charge in [-0.1, -0.05) is 30.3 Å². The number of rotatable bonds is 6. The third kappa shape index (κ3) is 4.68. The van der Waals surface area contributed by atoms with Crippen molar-refractivity contribution in [3.63, 3.8) is 0 Å². The maximum atomic E-state index is 13.7. The first kappa shape index (κ1) is 25.9. The lowest BCUT2D eigenvalue weighted by molar-refractivity contribution is -0.672. The highest BCUT2D eigenvalue weighted by Crippen LogP contribution is 2.43. The lowest BCUT2D eigenvalue weighted by Crippen LogP contribution is -2.39. The van der Waals surface area contributed by atoms with Gasteiger partial charge in [-0.2, -0.15) is 0 Å². The number of halogens is 3. The topological polar surface area (TPSA) is 135 Å². The number of aromatic nitrogens is 3. The fourth-order valence-corrected chi connectivity index (χ4v) is 5.36. The Labute approximate surface area is 221 Å². The molecule has 0 saturated carbocycles. The number of ether oxygens (including phenoxy) is 1. The number of hydrogen-bond acceptors (Lipinski definition) is 9. The molecule has 5 rings (SSSR count). The summed E-state index contributed by atoms with van der Waals surface area (Å²) in [6.07, 6.45) is -4.89. The zero-order valence-corrected chi connectivity index (χ0v) is 21.0. The third-order valence-corrected chi connectivity index (χ3v) is 6.92. The Balaban J connectivity index is 1.65. The predicted octanol–water partition coefficient (Wildman–Crippen LogP) is 4.52. The van der Waals surface area contributed by atoms with Gasteiger partial charge in [0.05, 0.1) is 16.7 Å². The second kappa shape index (κ2) is 9.51. The van der Waals surface area contributed by atoms with Gasteiger partial charge in [-0.05, 0) is 36.2 Å². The second-order valence-corrected chi connectivity index (χ2v) is 9.39. The van der Waals surface area contributed by atoms with Crippen molar-refractivity contribution in [3.05, 3.63) is 76.4 Å². The molecule has 0 fully saturated rings. The number of hydrogen-bond donors (Lipinski definition) is 1. The summed E-state index contributed by atoms with van der Waals surface area (Å²) in [6.45, 7) is 3.08. The van der Waals surface area contributed by atoms with E-state index < -0.39 is 29.5 Å². The summed E-state index contributed by atoms with van der Waals surface area (Å²) < 4.78 is 46.9. The van der Waals surface area contributed by atoms with E-state index in [1.165, 1.54) is 19.1 Å². The van der Waals surface area contributed by atoms with Gasteiger partial charge >= 0.3 is 12.1 Å². The van der Waals surface area contributed by atoms with Crippen LogP contribution in [-0.4, -0.2) is 28.2 Å². The average molecular weight is 555 g/mol. The molecule has 9 nitrogen and oxygen atoms in total. The summed E-state index contributed by atoms with van der Waals surface area (Å²) in [6, 6.07) is 13.4. The number of fused-ring (bicyclic) bond motifs is 1. The van der Waals surface area contributed by atoms with Gasteiger partial charge in [-0.15, -0.1) is 24.5 Å². The van der Waals surface area contributed by atoms with Crippen molar-refractivity contribution in [1.82, 2.24) is 10.3 Å².